The molecule has 2 aromatic rings. The second-order valence-electron chi connectivity index (χ2n) is 7.97. The van der Waals surface area contributed by atoms with Gasteiger partial charge in [-0.15, -0.1) is 0 Å². The van der Waals surface area contributed by atoms with Crippen LogP contribution in [0, 0.1) is 13.8 Å². The number of hydrogen-bond acceptors (Lipinski definition) is 3. The fourth-order valence-corrected chi connectivity index (χ4v) is 2.95. The predicted octanol–water partition coefficient (Wildman–Crippen LogP) is 4.56. The van der Waals surface area contributed by atoms with E-state index in [2.05, 4.69) is 38.2 Å². The van der Waals surface area contributed by atoms with Crippen LogP contribution < -0.4 is 14.8 Å². The number of para-hydroxylation sites is 1. The third-order valence-electron chi connectivity index (χ3n) is 4.23. The SMILES string of the molecule is Cc1cc(C)cc(O[C@H](C)C(=O)NCCOc2ccccc2C(C)(C)C)c1. The van der Waals surface area contributed by atoms with Gasteiger partial charge in [0.2, 0.25) is 0 Å². The Morgan fingerprint density at radius 1 is 1.07 bits per heavy atom. The van der Waals surface area contributed by atoms with Crippen LogP contribution in [0.1, 0.15) is 44.4 Å². The highest BCUT2D eigenvalue weighted by Gasteiger charge is 2.18. The van der Waals surface area contributed by atoms with E-state index in [4.69, 9.17) is 9.47 Å². The summed E-state index contributed by atoms with van der Waals surface area (Å²) in [7, 11) is 0. The summed E-state index contributed by atoms with van der Waals surface area (Å²) in [6.07, 6.45) is -0.562. The molecule has 146 valence electrons. The first-order valence-corrected chi connectivity index (χ1v) is 9.42. The van der Waals surface area contributed by atoms with Crippen LogP contribution in [0.5, 0.6) is 11.5 Å². The first-order valence-electron chi connectivity index (χ1n) is 9.42. The molecular weight excluding hydrogens is 338 g/mol. The Hall–Kier alpha value is -2.49. The summed E-state index contributed by atoms with van der Waals surface area (Å²) in [4.78, 5) is 12.3. The van der Waals surface area contributed by atoms with Gasteiger partial charge in [0, 0.05) is 0 Å². The van der Waals surface area contributed by atoms with E-state index in [1.807, 2.05) is 44.2 Å². The lowest BCUT2D eigenvalue weighted by Crippen LogP contribution is -2.38. The highest BCUT2D eigenvalue weighted by molar-refractivity contribution is 5.80. The number of benzene rings is 2. The van der Waals surface area contributed by atoms with E-state index >= 15 is 0 Å². The van der Waals surface area contributed by atoms with Crippen molar-refractivity contribution in [3.63, 3.8) is 0 Å². The average Bonchev–Trinajstić information content (AvgIpc) is 2.57. The molecular formula is C23H31NO3. The lowest BCUT2D eigenvalue weighted by molar-refractivity contribution is -0.127. The lowest BCUT2D eigenvalue weighted by Gasteiger charge is -2.22. The van der Waals surface area contributed by atoms with E-state index in [1.54, 1.807) is 6.92 Å². The van der Waals surface area contributed by atoms with Crippen molar-refractivity contribution in [2.75, 3.05) is 13.2 Å². The molecule has 0 saturated heterocycles. The molecule has 0 aliphatic carbocycles. The van der Waals surface area contributed by atoms with Gasteiger partial charge in [-0.25, -0.2) is 0 Å². The molecule has 27 heavy (non-hydrogen) atoms. The van der Waals surface area contributed by atoms with Crippen LogP contribution in [0.15, 0.2) is 42.5 Å². The Bertz CT molecular complexity index is 757. The van der Waals surface area contributed by atoms with E-state index in [9.17, 15) is 4.79 Å². The molecule has 0 unspecified atom stereocenters. The first-order chi connectivity index (χ1) is 12.7. The molecule has 1 amide bonds. The van der Waals surface area contributed by atoms with Crippen LogP contribution in [0.4, 0.5) is 0 Å². The minimum atomic E-state index is -0.562. The minimum absolute atomic E-state index is 0.00808. The van der Waals surface area contributed by atoms with Crippen molar-refractivity contribution in [2.45, 2.75) is 53.1 Å². The normalized spacial score (nSPS) is 12.4. The van der Waals surface area contributed by atoms with Gasteiger partial charge in [0.05, 0.1) is 6.54 Å². The van der Waals surface area contributed by atoms with Crippen molar-refractivity contribution < 1.29 is 14.3 Å². The fraction of sp³-hybridized carbons (Fsp3) is 0.435. The number of carbonyl (C=O) groups excluding carboxylic acids is 1. The molecule has 2 aromatic carbocycles. The van der Waals surface area contributed by atoms with Crippen molar-refractivity contribution in [3.05, 3.63) is 59.2 Å². The molecule has 0 fully saturated rings. The summed E-state index contributed by atoms with van der Waals surface area (Å²) in [5.74, 6) is 1.42. The molecule has 4 nitrogen and oxygen atoms in total. The number of aryl methyl sites for hydroxylation is 2. The standard InChI is InChI=1S/C23H31NO3/c1-16-13-17(2)15-19(14-16)27-18(3)22(25)24-11-12-26-21-10-8-7-9-20(21)23(4,5)6/h7-10,13-15,18H,11-12H2,1-6H3,(H,24,25)/t18-/m1/s1. The summed E-state index contributed by atoms with van der Waals surface area (Å²) in [6.45, 7) is 13.1. The number of rotatable bonds is 7. The number of hydrogen-bond donors (Lipinski definition) is 1. The van der Waals surface area contributed by atoms with Gasteiger partial charge in [-0.2, -0.15) is 0 Å². The largest absolute Gasteiger partial charge is 0.491 e. The Morgan fingerprint density at radius 3 is 2.33 bits per heavy atom. The second kappa shape index (κ2) is 8.94. The maximum Gasteiger partial charge on any atom is 0.260 e. The monoisotopic (exact) mass is 369 g/mol. The van der Waals surface area contributed by atoms with Crippen LogP contribution >= 0.6 is 0 Å². The molecule has 4 heteroatoms. The number of nitrogens with one attached hydrogen (secondary N) is 1. The Morgan fingerprint density at radius 2 is 1.70 bits per heavy atom. The van der Waals surface area contributed by atoms with Crippen molar-refractivity contribution in [1.82, 2.24) is 5.32 Å². The highest BCUT2D eigenvalue weighted by Crippen LogP contribution is 2.30. The molecule has 0 aromatic heterocycles. The first kappa shape index (κ1) is 20.8. The molecule has 0 spiro atoms. The van der Waals surface area contributed by atoms with E-state index in [-0.39, 0.29) is 11.3 Å². The summed E-state index contributed by atoms with van der Waals surface area (Å²) in [5, 5.41) is 2.87. The van der Waals surface area contributed by atoms with Gasteiger partial charge in [0.15, 0.2) is 6.10 Å². The summed E-state index contributed by atoms with van der Waals surface area (Å²) >= 11 is 0. The summed E-state index contributed by atoms with van der Waals surface area (Å²) in [6, 6.07) is 14.0. The molecule has 1 atom stereocenters. The second-order valence-corrected chi connectivity index (χ2v) is 7.97. The van der Waals surface area contributed by atoms with Crippen LogP contribution in [-0.2, 0) is 10.2 Å². The van der Waals surface area contributed by atoms with Gasteiger partial charge in [0.1, 0.15) is 18.1 Å². The zero-order valence-corrected chi connectivity index (χ0v) is 17.3. The van der Waals surface area contributed by atoms with Gasteiger partial charge in [-0.3, -0.25) is 4.79 Å². The van der Waals surface area contributed by atoms with Crippen LogP contribution in [-0.4, -0.2) is 25.2 Å². The fourth-order valence-electron chi connectivity index (χ4n) is 2.95. The molecule has 0 bridgehead atoms. The minimum Gasteiger partial charge on any atom is -0.491 e. The maximum atomic E-state index is 12.3. The smallest absolute Gasteiger partial charge is 0.260 e. The molecule has 0 radical (unpaired) electrons. The Balaban J connectivity index is 1.82. The average molecular weight is 370 g/mol. The van der Waals surface area contributed by atoms with Crippen molar-refractivity contribution in [2.24, 2.45) is 0 Å². The van der Waals surface area contributed by atoms with Crippen molar-refractivity contribution in [1.29, 1.82) is 0 Å². The van der Waals surface area contributed by atoms with E-state index < -0.39 is 6.10 Å². The van der Waals surface area contributed by atoms with E-state index in [1.165, 1.54) is 0 Å². The Labute approximate surface area is 162 Å². The van der Waals surface area contributed by atoms with Crippen LogP contribution in [0.3, 0.4) is 0 Å². The molecule has 2 rings (SSSR count). The van der Waals surface area contributed by atoms with Crippen LogP contribution in [0.2, 0.25) is 0 Å². The van der Waals surface area contributed by atoms with Gasteiger partial charge in [-0.05, 0) is 61.1 Å². The lowest BCUT2D eigenvalue weighted by atomic mass is 9.86. The van der Waals surface area contributed by atoms with Crippen molar-refractivity contribution >= 4 is 5.91 Å². The van der Waals surface area contributed by atoms with Gasteiger partial charge in [-0.1, -0.05) is 45.0 Å². The van der Waals surface area contributed by atoms with Crippen molar-refractivity contribution in [3.8, 4) is 11.5 Å². The summed E-state index contributed by atoms with van der Waals surface area (Å²) in [5.41, 5.74) is 3.39. The quantitative estimate of drug-likeness (QED) is 0.728. The Kier molecular flexibility index (Phi) is 6.89. The zero-order valence-electron chi connectivity index (χ0n) is 17.3. The van der Waals surface area contributed by atoms with Gasteiger partial charge >= 0.3 is 0 Å². The topological polar surface area (TPSA) is 47.6 Å². The highest BCUT2D eigenvalue weighted by atomic mass is 16.5. The van der Waals surface area contributed by atoms with Gasteiger partial charge < -0.3 is 14.8 Å². The number of amides is 1. The van der Waals surface area contributed by atoms with Crippen LogP contribution in [0.25, 0.3) is 0 Å². The third-order valence-corrected chi connectivity index (χ3v) is 4.23. The number of carbonyl (C=O) groups is 1. The third kappa shape index (κ3) is 6.31. The zero-order chi connectivity index (χ0) is 20.0. The van der Waals surface area contributed by atoms with Gasteiger partial charge in [0.25, 0.3) is 5.91 Å². The summed E-state index contributed by atoms with van der Waals surface area (Å²) < 4.78 is 11.7. The van der Waals surface area contributed by atoms with E-state index in [0.717, 1.165) is 22.4 Å². The molecule has 0 aliphatic rings. The maximum absolute atomic E-state index is 12.3. The molecule has 0 aliphatic heterocycles. The number of ether oxygens (including phenoxy) is 2. The molecule has 0 saturated carbocycles. The molecule has 1 N–H and O–H groups in total. The van der Waals surface area contributed by atoms with E-state index in [0.29, 0.717) is 18.9 Å². The molecule has 0 heterocycles. The predicted molar refractivity (Wildman–Crippen MR) is 110 cm³/mol.